The lowest BCUT2D eigenvalue weighted by molar-refractivity contribution is 0.00578. The predicted octanol–water partition coefficient (Wildman–Crippen LogP) is 4.58. The molecular weight excluding hydrogens is 381 g/mol. The number of para-hydroxylation sites is 1. The Bertz CT molecular complexity index is 885. The van der Waals surface area contributed by atoms with E-state index in [1.807, 2.05) is 12.1 Å². The van der Waals surface area contributed by atoms with E-state index in [0.29, 0.717) is 0 Å². The van der Waals surface area contributed by atoms with Gasteiger partial charge in [0.15, 0.2) is 0 Å². The summed E-state index contributed by atoms with van der Waals surface area (Å²) in [4.78, 5) is 1.16. The number of benzene rings is 2. The zero-order chi connectivity index (χ0) is 20.8. The monoisotopic (exact) mass is 411 g/mol. The second kappa shape index (κ2) is 7.66. The summed E-state index contributed by atoms with van der Waals surface area (Å²) in [5.74, 6) is 0.968. The van der Waals surface area contributed by atoms with Gasteiger partial charge in [0.2, 0.25) is 0 Å². The lowest BCUT2D eigenvalue weighted by Crippen LogP contribution is -2.41. The van der Waals surface area contributed by atoms with Crippen LogP contribution in [0.15, 0.2) is 47.4 Å². The van der Waals surface area contributed by atoms with Crippen molar-refractivity contribution in [1.82, 2.24) is 4.31 Å². The van der Waals surface area contributed by atoms with E-state index in [1.165, 1.54) is 11.1 Å². The molecule has 4 rings (SSSR count). The van der Waals surface area contributed by atoms with Crippen molar-refractivity contribution in [3.8, 4) is 5.75 Å². The molecule has 2 aromatic carbocycles. The van der Waals surface area contributed by atoms with Crippen LogP contribution in [0.2, 0.25) is 0 Å². The maximum Gasteiger partial charge on any atom is 0.494 e. The van der Waals surface area contributed by atoms with Gasteiger partial charge in [-0.2, -0.15) is 0 Å². The third-order valence-electron chi connectivity index (χ3n) is 6.11. The maximum absolute atomic E-state index is 6.26. The van der Waals surface area contributed by atoms with Gasteiger partial charge in [0.1, 0.15) is 11.9 Å². The van der Waals surface area contributed by atoms with E-state index in [-0.39, 0.29) is 24.4 Å². The average Bonchev–Trinajstić information content (AvgIpc) is 2.76. The smallest absolute Gasteiger partial charge is 0.488 e. The molecule has 2 heterocycles. The number of aryl methyl sites for hydroxylation is 1. The highest BCUT2D eigenvalue weighted by Crippen LogP contribution is 2.38. The molecule has 0 spiro atoms. The molecule has 1 atom stereocenters. The molecule has 0 radical (unpaired) electrons. The van der Waals surface area contributed by atoms with Crippen LogP contribution in [-0.2, 0) is 15.9 Å². The van der Waals surface area contributed by atoms with Crippen molar-refractivity contribution in [1.29, 1.82) is 0 Å². The molecule has 0 amide bonds. The standard InChI is InChI=1S/C23H30BNO3S/c1-16-11-12-19(24-27-22(3,4)23(5,6)28-24)13-18(16)15-25-14-17(2)26-20-9-7-8-10-21(20)29-25/h7-13,17H,14-15H2,1-6H3/t17-/m1/s1. The molecule has 2 aromatic rings. The van der Waals surface area contributed by atoms with Crippen LogP contribution in [0.5, 0.6) is 5.75 Å². The van der Waals surface area contributed by atoms with Crippen molar-refractivity contribution in [3.05, 3.63) is 53.6 Å². The Balaban J connectivity index is 1.56. The Morgan fingerprint density at radius 2 is 1.76 bits per heavy atom. The minimum atomic E-state index is -0.334. The number of fused-ring (bicyclic) bond motifs is 1. The summed E-state index contributed by atoms with van der Waals surface area (Å²) in [5, 5.41) is 0. The summed E-state index contributed by atoms with van der Waals surface area (Å²) in [6.07, 6.45) is 0.137. The van der Waals surface area contributed by atoms with Gasteiger partial charge >= 0.3 is 7.12 Å². The number of hydrogen-bond acceptors (Lipinski definition) is 5. The topological polar surface area (TPSA) is 30.9 Å². The van der Waals surface area contributed by atoms with Crippen LogP contribution in [0, 0.1) is 6.92 Å². The number of nitrogens with zero attached hydrogens (tertiary/aromatic N) is 1. The zero-order valence-corrected chi connectivity index (χ0v) is 19.0. The van der Waals surface area contributed by atoms with Crippen LogP contribution in [0.1, 0.15) is 45.7 Å². The first kappa shape index (κ1) is 20.8. The van der Waals surface area contributed by atoms with Gasteiger partial charge in [0.05, 0.1) is 16.1 Å². The molecule has 0 aliphatic carbocycles. The molecule has 2 aliphatic rings. The summed E-state index contributed by atoms with van der Waals surface area (Å²) in [5.41, 5.74) is 2.97. The Morgan fingerprint density at radius 1 is 1.07 bits per heavy atom. The van der Waals surface area contributed by atoms with Crippen LogP contribution in [0.3, 0.4) is 0 Å². The molecule has 154 valence electrons. The Labute approximate surface area is 179 Å². The third kappa shape index (κ3) is 4.22. The second-order valence-corrected chi connectivity index (χ2v) is 10.2. The summed E-state index contributed by atoms with van der Waals surface area (Å²) in [6.45, 7) is 14.4. The summed E-state index contributed by atoms with van der Waals surface area (Å²) >= 11 is 1.77. The largest absolute Gasteiger partial charge is 0.494 e. The summed E-state index contributed by atoms with van der Waals surface area (Å²) in [7, 11) is -0.334. The molecule has 0 unspecified atom stereocenters. The number of rotatable bonds is 3. The Kier molecular flexibility index (Phi) is 5.49. The first-order valence-electron chi connectivity index (χ1n) is 10.3. The van der Waals surface area contributed by atoms with Gasteiger partial charge in [-0.1, -0.05) is 30.3 Å². The van der Waals surface area contributed by atoms with Crippen molar-refractivity contribution in [2.24, 2.45) is 0 Å². The summed E-state index contributed by atoms with van der Waals surface area (Å²) in [6, 6.07) is 14.8. The molecular formula is C23H30BNO3S. The molecule has 1 saturated heterocycles. The van der Waals surface area contributed by atoms with Gasteiger partial charge in [0.25, 0.3) is 0 Å². The van der Waals surface area contributed by atoms with E-state index in [2.05, 4.69) is 76.2 Å². The lowest BCUT2D eigenvalue weighted by Gasteiger charge is -2.32. The molecule has 0 bridgehead atoms. The minimum Gasteiger partial charge on any atom is -0.488 e. The van der Waals surface area contributed by atoms with Crippen molar-refractivity contribution < 1.29 is 14.0 Å². The van der Waals surface area contributed by atoms with Crippen LogP contribution in [-0.4, -0.2) is 35.3 Å². The molecule has 4 nitrogen and oxygen atoms in total. The van der Waals surface area contributed by atoms with Gasteiger partial charge < -0.3 is 14.0 Å². The van der Waals surface area contributed by atoms with Crippen molar-refractivity contribution >= 4 is 24.5 Å². The van der Waals surface area contributed by atoms with Crippen LogP contribution in [0.4, 0.5) is 0 Å². The first-order valence-corrected chi connectivity index (χ1v) is 11.1. The number of ether oxygens (including phenoxy) is 1. The quantitative estimate of drug-likeness (QED) is 0.545. The predicted molar refractivity (Wildman–Crippen MR) is 120 cm³/mol. The SMILES string of the molecule is Cc1ccc(B2OC(C)(C)C(C)(C)O2)cc1CN1C[C@@H](C)Oc2ccccc2S1. The fourth-order valence-corrected chi connectivity index (χ4v) is 4.73. The van der Waals surface area contributed by atoms with Gasteiger partial charge in [-0.05, 0) is 82.2 Å². The second-order valence-electron chi connectivity index (χ2n) is 9.06. The maximum atomic E-state index is 6.26. The molecule has 0 N–H and O–H groups in total. The van der Waals surface area contributed by atoms with Gasteiger partial charge in [-0.3, -0.25) is 0 Å². The van der Waals surface area contributed by atoms with Crippen molar-refractivity contribution in [3.63, 3.8) is 0 Å². The highest BCUT2D eigenvalue weighted by Gasteiger charge is 2.51. The van der Waals surface area contributed by atoms with E-state index >= 15 is 0 Å². The van der Waals surface area contributed by atoms with E-state index < -0.39 is 0 Å². The van der Waals surface area contributed by atoms with E-state index in [4.69, 9.17) is 14.0 Å². The highest BCUT2D eigenvalue weighted by molar-refractivity contribution is 7.97. The van der Waals surface area contributed by atoms with Crippen LogP contribution >= 0.6 is 11.9 Å². The van der Waals surface area contributed by atoms with Crippen molar-refractivity contribution in [2.45, 2.75) is 70.3 Å². The van der Waals surface area contributed by atoms with Gasteiger partial charge in [-0.25, -0.2) is 4.31 Å². The molecule has 6 heteroatoms. The lowest BCUT2D eigenvalue weighted by atomic mass is 9.78. The molecule has 0 saturated carbocycles. The van der Waals surface area contributed by atoms with E-state index in [0.717, 1.165) is 29.2 Å². The summed E-state index contributed by atoms with van der Waals surface area (Å²) < 4.78 is 21.0. The first-order chi connectivity index (χ1) is 13.6. The van der Waals surface area contributed by atoms with E-state index in [9.17, 15) is 0 Å². The number of hydrogen-bond donors (Lipinski definition) is 0. The molecule has 1 fully saturated rings. The van der Waals surface area contributed by atoms with Crippen molar-refractivity contribution in [2.75, 3.05) is 6.54 Å². The molecule has 29 heavy (non-hydrogen) atoms. The average molecular weight is 411 g/mol. The minimum absolute atomic E-state index is 0.137. The highest BCUT2D eigenvalue weighted by atomic mass is 32.2. The molecule has 2 aliphatic heterocycles. The van der Waals surface area contributed by atoms with Crippen LogP contribution in [0.25, 0.3) is 0 Å². The Hall–Kier alpha value is -1.47. The normalized spacial score (nSPS) is 23.4. The fraction of sp³-hybridized carbons (Fsp3) is 0.478. The van der Waals surface area contributed by atoms with Gasteiger partial charge in [0, 0.05) is 13.1 Å². The van der Waals surface area contributed by atoms with Crippen LogP contribution < -0.4 is 10.2 Å². The van der Waals surface area contributed by atoms with E-state index in [1.54, 1.807) is 11.9 Å². The molecule has 0 aromatic heterocycles. The fourth-order valence-electron chi connectivity index (χ4n) is 3.61. The Morgan fingerprint density at radius 3 is 2.48 bits per heavy atom. The third-order valence-corrected chi connectivity index (χ3v) is 7.18. The van der Waals surface area contributed by atoms with Gasteiger partial charge in [-0.15, -0.1) is 0 Å². The zero-order valence-electron chi connectivity index (χ0n) is 18.2.